The number of β-amino-alcohol motifs (C(OH)–C–C–N with tert-alkyl or cyclic N) is 1. The van der Waals surface area contributed by atoms with Crippen LogP contribution in [0, 0.1) is 0 Å². The number of hydrogen-bond acceptors (Lipinski definition) is 4. The predicted octanol–water partition coefficient (Wildman–Crippen LogP) is 1.60. The van der Waals surface area contributed by atoms with Gasteiger partial charge in [0, 0.05) is 39.0 Å². The fraction of sp³-hybridized carbons (Fsp3) is 0.923. The molecule has 118 valence electrons. The third kappa shape index (κ3) is 7.00. The number of aliphatic hydroxyl groups is 1. The van der Waals surface area contributed by atoms with Gasteiger partial charge in [-0.2, -0.15) is 0 Å². The van der Waals surface area contributed by atoms with Crippen LogP contribution in [0.3, 0.4) is 0 Å². The SMILES string of the molecule is CC(C)(C)OC(=O)NCC(O)CN1CCC(F)(F)CC1. The summed E-state index contributed by atoms with van der Waals surface area (Å²) in [5, 5.41) is 12.2. The van der Waals surface area contributed by atoms with Crippen molar-refractivity contribution in [3.63, 3.8) is 0 Å². The number of carbonyl (C=O) groups is 1. The molecule has 0 aromatic rings. The molecule has 1 heterocycles. The number of nitrogens with one attached hydrogen (secondary N) is 1. The number of amides is 1. The first-order valence-corrected chi connectivity index (χ1v) is 6.82. The first-order valence-electron chi connectivity index (χ1n) is 6.82. The molecule has 0 spiro atoms. The quantitative estimate of drug-likeness (QED) is 0.827. The van der Waals surface area contributed by atoms with Crippen molar-refractivity contribution in [2.75, 3.05) is 26.2 Å². The minimum Gasteiger partial charge on any atom is -0.444 e. The standard InChI is InChI=1S/C13H24F2N2O3/c1-12(2,3)20-11(19)16-8-10(18)9-17-6-4-13(14,15)5-7-17/h10,18H,4-9H2,1-3H3,(H,16,19). The number of alkyl halides is 2. The van der Waals surface area contributed by atoms with E-state index < -0.39 is 23.7 Å². The Labute approximate surface area is 118 Å². The zero-order valence-electron chi connectivity index (χ0n) is 12.3. The fourth-order valence-electron chi connectivity index (χ4n) is 1.94. The minimum absolute atomic E-state index is 0.0435. The number of piperidine rings is 1. The van der Waals surface area contributed by atoms with E-state index in [0.717, 1.165) is 0 Å². The van der Waals surface area contributed by atoms with Gasteiger partial charge in [-0.15, -0.1) is 0 Å². The van der Waals surface area contributed by atoms with Crippen molar-refractivity contribution in [2.45, 2.75) is 51.2 Å². The molecule has 7 heteroatoms. The first-order chi connectivity index (χ1) is 9.07. The highest BCUT2D eigenvalue weighted by atomic mass is 19.3. The van der Waals surface area contributed by atoms with Crippen LogP contribution in [0.1, 0.15) is 33.6 Å². The average molecular weight is 294 g/mol. The lowest BCUT2D eigenvalue weighted by Gasteiger charge is -2.32. The molecule has 0 aromatic carbocycles. The van der Waals surface area contributed by atoms with E-state index in [9.17, 15) is 18.7 Å². The molecule has 1 aliphatic rings. The summed E-state index contributed by atoms with van der Waals surface area (Å²) in [4.78, 5) is 13.2. The lowest BCUT2D eigenvalue weighted by atomic mass is 10.1. The van der Waals surface area contributed by atoms with Crippen LogP contribution in [-0.2, 0) is 4.74 Å². The molecular formula is C13H24F2N2O3. The Balaban J connectivity index is 2.21. The van der Waals surface area contributed by atoms with Gasteiger partial charge in [0.05, 0.1) is 6.10 Å². The van der Waals surface area contributed by atoms with Crippen molar-refractivity contribution >= 4 is 6.09 Å². The van der Waals surface area contributed by atoms with E-state index in [1.54, 1.807) is 25.7 Å². The minimum atomic E-state index is -2.59. The second-order valence-corrected chi connectivity index (χ2v) is 6.19. The van der Waals surface area contributed by atoms with Crippen molar-refractivity contribution < 1.29 is 23.4 Å². The highest BCUT2D eigenvalue weighted by molar-refractivity contribution is 5.67. The number of halogens is 2. The van der Waals surface area contributed by atoms with Gasteiger partial charge in [-0.25, -0.2) is 13.6 Å². The van der Waals surface area contributed by atoms with Crippen molar-refractivity contribution in [2.24, 2.45) is 0 Å². The lowest BCUT2D eigenvalue weighted by Crippen LogP contribution is -2.46. The van der Waals surface area contributed by atoms with E-state index in [2.05, 4.69) is 5.32 Å². The molecule has 1 amide bonds. The van der Waals surface area contributed by atoms with Crippen molar-refractivity contribution in [3.8, 4) is 0 Å². The van der Waals surface area contributed by atoms with Gasteiger partial charge in [-0.3, -0.25) is 0 Å². The molecule has 1 saturated heterocycles. The maximum atomic E-state index is 13.0. The fourth-order valence-corrected chi connectivity index (χ4v) is 1.94. The first kappa shape index (κ1) is 17.1. The largest absolute Gasteiger partial charge is 0.444 e. The van der Waals surface area contributed by atoms with Gasteiger partial charge in [-0.1, -0.05) is 0 Å². The number of rotatable bonds is 4. The zero-order valence-corrected chi connectivity index (χ0v) is 12.3. The van der Waals surface area contributed by atoms with E-state index in [-0.39, 0.29) is 39.0 Å². The van der Waals surface area contributed by atoms with E-state index in [0.29, 0.717) is 0 Å². The molecule has 0 radical (unpaired) electrons. The van der Waals surface area contributed by atoms with Crippen LogP contribution in [0.15, 0.2) is 0 Å². The number of likely N-dealkylation sites (tertiary alicyclic amines) is 1. The Morgan fingerprint density at radius 1 is 1.40 bits per heavy atom. The molecule has 1 unspecified atom stereocenters. The van der Waals surface area contributed by atoms with Crippen LogP contribution in [0.4, 0.5) is 13.6 Å². The molecule has 1 aliphatic heterocycles. The maximum absolute atomic E-state index is 13.0. The van der Waals surface area contributed by atoms with E-state index >= 15 is 0 Å². The summed E-state index contributed by atoms with van der Waals surface area (Å²) in [7, 11) is 0. The van der Waals surface area contributed by atoms with Crippen molar-refractivity contribution in [3.05, 3.63) is 0 Å². The van der Waals surface area contributed by atoms with E-state index in [1.807, 2.05) is 0 Å². The Hall–Kier alpha value is -0.950. The molecule has 0 bridgehead atoms. The molecule has 0 aromatic heterocycles. The van der Waals surface area contributed by atoms with Gasteiger partial charge in [-0.05, 0) is 20.8 Å². The van der Waals surface area contributed by atoms with Gasteiger partial charge in [0.2, 0.25) is 0 Å². The molecule has 1 fully saturated rings. The van der Waals surface area contributed by atoms with Crippen LogP contribution in [0.5, 0.6) is 0 Å². The van der Waals surface area contributed by atoms with Crippen molar-refractivity contribution in [1.29, 1.82) is 0 Å². The Bertz CT molecular complexity index is 322. The van der Waals surface area contributed by atoms with E-state index in [1.165, 1.54) is 0 Å². The summed E-state index contributed by atoms with van der Waals surface area (Å²) < 4.78 is 31.0. The normalized spacial score (nSPS) is 21.3. The number of ether oxygens (including phenoxy) is 1. The maximum Gasteiger partial charge on any atom is 0.407 e. The third-order valence-electron chi connectivity index (χ3n) is 2.94. The number of alkyl carbamates (subject to hydrolysis) is 1. The predicted molar refractivity (Wildman–Crippen MR) is 70.9 cm³/mol. The zero-order chi connectivity index (χ0) is 15.4. The molecule has 20 heavy (non-hydrogen) atoms. The Kier molecular flexibility index (Phi) is 5.70. The topological polar surface area (TPSA) is 61.8 Å². The van der Waals surface area contributed by atoms with E-state index in [4.69, 9.17) is 4.74 Å². The molecule has 2 N–H and O–H groups in total. The molecule has 1 rings (SSSR count). The summed E-state index contributed by atoms with van der Waals surface area (Å²) in [6.07, 6.45) is -1.76. The third-order valence-corrected chi connectivity index (χ3v) is 2.94. The van der Waals surface area contributed by atoms with Crippen LogP contribution in [0.25, 0.3) is 0 Å². The number of nitrogens with zero attached hydrogens (tertiary/aromatic N) is 1. The van der Waals surface area contributed by atoms with Crippen molar-refractivity contribution in [1.82, 2.24) is 10.2 Å². The summed E-state index contributed by atoms with van der Waals surface area (Å²) in [6, 6.07) is 0. The van der Waals surface area contributed by atoms with Gasteiger partial charge >= 0.3 is 6.09 Å². The molecular weight excluding hydrogens is 270 g/mol. The van der Waals surface area contributed by atoms with Crippen LogP contribution in [-0.4, -0.2) is 59.9 Å². The van der Waals surface area contributed by atoms with Crippen LogP contribution in [0.2, 0.25) is 0 Å². The van der Waals surface area contributed by atoms with Crippen LogP contribution < -0.4 is 5.32 Å². The van der Waals surface area contributed by atoms with Crippen LogP contribution >= 0.6 is 0 Å². The summed E-state index contributed by atoms with van der Waals surface area (Å²) >= 11 is 0. The molecule has 5 nitrogen and oxygen atoms in total. The van der Waals surface area contributed by atoms with Gasteiger partial charge in [0.25, 0.3) is 5.92 Å². The summed E-state index contributed by atoms with van der Waals surface area (Å²) in [6.45, 7) is 6.07. The molecule has 0 saturated carbocycles. The highest BCUT2D eigenvalue weighted by Crippen LogP contribution is 2.27. The summed E-state index contributed by atoms with van der Waals surface area (Å²) in [5.74, 6) is -2.59. The second-order valence-electron chi connectivity index (χ2n) is 6.19. The second kappa shape index (κ2) is 6.67. The Morgan fingerprint density at radius 2 is 1.95 bits per heavy atom. The number of aliphatic hydroxyl groups excluding tert-OH is 1. The molecule has 1 atom stereocenters. The Morgan fingerprint density at radius 3 is 2.45 bits per heavy atom. The number of hydrogen-bond donors (Lipinski definition) is 2. The monoisotopic (exact) mass is 294 g/mol. The van der Waals surface area contributed by atoms with Gasteiger partial charge in [0.15, 0.2) is 0 Å². The lowest BCUT2D eigenvalue weighted by molar-refractivity contribution is -0.0609. The smallest absolute Gasteiger partial charge is 0.407 e. The van der Waals surface area contributed by atoms with Gasteiger partial charge in [0.1, 0.15) is 5.60 Å². The highest BCUT2D eigenvalue weighted by Gasteiger charge is 2.34. The molecule has 0 aliphatic carbocycles. The van der Waals surface area contributed by atoms with Gasteiger partial charge < -0.3 is 20.1 Å². The summed E-state index contributed by atoms with van der Waals surface area (Å²) in [5.41, 5.74) is -0.590. The average Bonchev–Trinajstić information content (AvgIpc) is 2.27. The number of carbonyl (C=O) groups excluding carboxylic acids is 1.